The highest BCUT2D eigenvalue weighted by Crippen LogP contribution is 2.45. The third-order valence-corrected chi connectivity index (χ3v) is 4.21. The van der Waals surface area contributed by atoms with Gasteiger partial charge in [-0.05, 0) is 37.5 Å². The van der Waals surface area contributed by atoms with Gasteiger partial charge in [-0.15, -0.1) is 0 Å². The average Bonchev–Trinajstić information content (AvgIpc) is 2.91. The molecular weight excluding hydrogens is 202 g/mol. The van der Waals surface area contributed by atoms with Gasteiger partial charge in [-0.2, -0.15) is 0 Å². The summed E-state index contributed by atoms with van der Waals surface area (Å²) in [5, 5.41) is 9.03. The molecule has 3 atom stereocenters. The van der Waals surface area contributed by atoms with Crippen molar-refractivity contribution in [2.45, 2.75) is 31.7 Å². The minimum Gasteiger partial charge on any atom is -0.395 e. The second-order valence-electron chi connectivity index (χ2n) is 5.37. The Balaban J connectivity index is 1.69. The van der Waals surface area contributed by atoms with Gasteiger partial charge in [-0.25, -0.2) is 0 Å². The van der Waals surface area contributed by atoms with E-state index in [2.05, 4.69) is 12.2 Å². The monoisotopic (exact) mass is 221 g/mol. The van der Waals surface area contributed by atoms with E-state index in [1.807, 2.05) is 4.90 Å². The molecule has 0 saturated heterocycles. The van der Waals surface area contributed by atoms with Crippen molar-refractivity contribution in [3.05, 3.63) is 12.2 Å². The van der Waals surface area contributed by atoms with Crippen LogP contribution < -0.4 is 0 Å². The molecule has 3 rings (SSSR count). The highest BCUT2D eigenvalue weighted by Gasteiger charge is 2.44. The zero-order chi connectivity index (χ0) is 11.1. The molecule has 0 aromatic heterocycles. The Labute approximate surface area is 96.1 Å². The molecule has 16 heavy (non-hydrogen) atoms. The van der Waals surface area contributed by atoms with E-state index in [-0.39, 0.29) is 12.5 Å². The lowest BCUT2D eigenvalue weighted by Crippen LogP contribution is -2.40. The fourth-order valence-corrected chi connectivity index (χ4v) is 3.24. The van der Waals surface area contributed by atoms with E-state index in [0.29, 0.717) is 30.3 Å². The number of aliphatic hydroxyl groups is 1. The molecule has 1 amide bonds. The smallest absolute Gasteiger partial charge is 0.226 e. The third kappa shape index (κ3) is 1.67. The summed E-state index contributed by atoms with van der Waals surface area (Å²) in [5.41, 5.74) is 0. The van der Waals surface area contributed by atoms with Crippen LogP contribution in [0.1, 0.15) is 25.7 Å². The zero-order valence-electron chi connectivity index (χ0n) is 9.51. The van der Waals surface area contributed by atoms with E-state index < -0.39 is 0 Å². The molecule has 3 heteroatoms. The molecular formula is C13H19NO2. The van der Waals surface area contributed by atoms with Gasteiger partial charge in [0.2, 0.25) is 5.91 Å². The lowest BCUT2D eigenvalue weighted by atomic mass is 9.92. The molecule has 0 aliphatic heterocycles. The second-order valence-corrected chi connectivity index (χ2v) is 5.37. The fraction of sp³-hybridized carbons (Fsp3) is 0.769. The van der Waals surface area contributed by atoms with E-state index in [1.165, 1.54) is 6.42 Å². The number of rotatable bonds is 4. The molecule has 0 aromatic carbocycles. The van der Waals surface area contributed by atoms with Crippen molar-refractivity contribution < 1.29 is 9.90 Å². The van der Waals surface area contributed by atoms with Crippen LogP contribution in [0.3, 0.4) is 0 Å². The normalized spacial score (nSPS) is 35.7. The predicted octanol–water partition coefficient (Wildman–Crippen LogP) is 1.18. The van der Waals surface area contributed by atoms with Crippen molar-refractivity contribution in [3.63, 3.8) is 0 Å². The Morgan fingerprint density at radius 3 is 2.62 bits per heavy atom. The zero-order valence-corrected chi connectivity index (χ0v) is 9.51. The summed E-state index contributed by atoms with van der Waals surface area (Å²) in [6.45, 7) is 0.625. The first-order chi connectivity index (χ1) is 7.79. The van der Waals surface area contributed by atoms with Gasteiger partial charge in [0, 0.05) is 18.5 Å². The highest BCUT2D eigenvalue weighted by molar-refractivity contribution is 5.80. The molecule has 3 nitrogen and oxygen atoms in total. The fourth-order valence-electron chi connectivity index (χ4n) is 3.24. The third-order valence-electron chi connectivity index (χ3n) is 4.21. The average molecular weight is 221 g/mol. The maximum absolute atomic E-state index is 12.4. The maximum Gasteiger partial charge on any atom is 0.226 e. The number of carbonyl (C=O) groups excluding carboxylic acids is 1. The summed E-state index contributed by atoms with van der Waals surface area (Å²) in [5.74, 6) is 1.64. The molecule has 1 N–H and O–H groups in total. The summed E-state index contributed by atoms with van der Waals surface area (Å²) in [6.07, 6.45) is 8.95. The standard InChI is InChI=1S/C13H19NO2/c15-6-5-14(11-3-4-11)13(16)12-8-9-1-2-10(12)7-9/h1-2,9-12,15H,3-8H2. The van der Waals surface area contributed by atoms with Gasteiger partial charge in [0.15, 0.2) is 0 Å². The number of allylic oxidation sites excluding steroid dienone is 2. The van der Waals surface area contributed by atoms with Crippen LogP contribution in [-0.4, -0.2) is 35.1 Å². The van der Waals surface area contributed by atoms with Gasteiger partial charge in [0.05, 0.1) is 6.61 Å². The Kier molecular flexibility index (Phi) is 2.51. The van der Waals surface area contributed by atoms with Crippen molar-refractivity contribution in [1.29, 1.82) is 0 Å². The Hall–Kier alpha value is -0.830. The summed E-state index contributed by atoms with van der Waals surface area (Å²) >= 11 is 0. The van der Waals surface area contributed by atoms with Crippen molar-refractivity contribution in [1.82, 2.24) is 4.90 Å². The molecule has 3 aliphatic carbocycles. The molecule has 0 aromatic rings. The van der Waals surface area contributed by atoms with Gasteiger partial charge in [0.25, 0.3) is 0 Å². The quantitative estimate of drug-likeness (QED) is 0.724. The van der Waals surface area contributed by atoms with E-state index >= 15 is 0 Å². The number of fused-ring (bicyclic) bond motifs is 2. The van der Waals surface area contributed by atoms with Gasteiger partial charge < -0.3 is 10.0 Å². The molecule has 2 fully saturated rings. The van der Waals surface area contributed by atoms with E-state index in [1.54, 1.807) is 0 Å². The first-order valence-electron chi connectivity index (χ1n) is 6.39. The molecule has 3 aliphatic rings. The van der Waals surface area contributed by atoms with Crippen LogP contribution in [0.5, 0.6) is 0 Å². The largest absolute Gasteiger partial charge is 0.395 e. The summed E-state index contributed by atoms with van der Waals surface area (Å²) in [4.78, 5) is 14.3. The first kappa shape index (κ1) is 10.3. The number of nitrogens with zero attached hydrogens (tertiary/aromatic N) is 1. The number of carbonyl (C=O) groups is 1. The maximum atomic E-state index is 12.4. The van der Waals surface area contributed by atoms with Crippen LogP contribution in [0, 0.1) is 17.8 Å². The Morgan fingerprint density at radius 2 is 2.12 bits per heavy atom. The van der Waals surface area contributed by atoms with Crippen LogP contribution in [0.2, 0.25) is 0 Å². The summed E-state index contributed by atoms with van der Waals surface area (Å²) < 4.78 is 0. The minimum atomic E-state index is 0.0961. The van der Waals surface area contributed by atoms with Crippen LogP contribution in [0.25, 0.3) is 0 Å². The van der Waals surface area contributed by atoms with Crippen molar-refractivity contribution in [2.75, 3.05) is 13.2 Å². The van der Waals surface area contributed by atoms with Crippen LogP contribution in [-0.2, 0) is 4.79 Å². The van der Waals surface area contributed by atoms with E-state index in [9.17, 15) is 4.79 Å². The number of aliphatic hydroxyl groups excluding tert-OH is 1. The van der Waals surface area contributed by atoms with Crippen molar-refractivity contribution in [2.24, 2.45) is 17.8 Å². The number of hydrogen-bond acceptors (Lipinski definition) is 2. The highest BCUT2D eigenvalue weighted by atomic mass is 16.3. The van der Waals surface area contributed by atoms with E-state index in [0.717, 1.165) is 19.3 Å². The van der Waals surface area contributed by atoms with Gasteiger partial charge in [-0.3, -0.25) is 4.79 Å². The van der Waals surface area contributed by atoms with Crippen LogP contribution in [0.4, 0.5) is 0 Å². The molecule has 88 valence electrons. The second kappa shape index (κ2) is 3.88. The number of amides is 1. The lowest BCUT2D eigenvalue weighted by Gasteiger charge is -2.27. The van der Waals surface area contributed by atoms with Crippen molar-refractivity contribution >= 4 is 5.91 Å². The Morgan fingerprint density at radius 1 is 1.31 bits per heavy atom. The predicted molar refractivity (Wildman–Crippen MR) is 60.7 cm³/mol. The SMILES string of the molecule is O=C(C1CC2C=CC1C2)N(CCO)C1CC1. The Bertz CT molecular complexity index is 322. The van der Waals surface area contributed by atoms with Crippen molar-refractivity contribution in [3.8, 4) is 0 Å². The molecule has 0 heterocycles. The van der Waals surface area contributed by atoms with Gasteiger partial charge in [0.1, 0.15) is 0 Å². The summed E-state index contributed by atoms with van der Waals surface area (Å²) in [7, 11) is 0. The van der Waals surface area contributed by atoms with Crippen LogP contribution >= 0.6 is 0 Å². The summed E-state index contributed by atoms with van der Waals surface area (Å²) in [6, 6.07) is 0.433. The first-order valence-corrected chi connectivity index (χ1v) is 6.39. The minimum absolute atomic E-state index is 0.0961. The lowest BCUT2D eigenvalue weighted by molar-refractivity contribution is -0.137. The molecule has 0 spiro atoms. The molecule has 2 bridgehead atoms. The molecule has 3 unspecified atom stereocenters. The van der Waals surface area contributed by atoms with E-state index in [4.69, 9.17) is 5.11 Å². The molecule has 0 radical (unpaired) electrons. The van der Waals surface area contributed by atoms with Gasteiger partial charge in [-0.1, -0.05) is 12.2 Å². The van der Waals surface area contributed by atoms with Gasteiger partial charge >= 0.3 is 0 Å². The molecule has 2 saturated carbocycles. The van der Waals surface area contributed by atoms with Crippen LogP contribution in [0.15, 0.2) is 12.2 Å². The number of hydrogen-bond donors (Lipinski definition) is 1. The topological polar surface area (TPSA) is 40.5 Å².